The maximum atomic E-state index is 13.5. The lowest BCUT2D eigenvalue weighted by atomic mass is 10.1. The van der Waals surface area contributed by atoms with E-state index in [1.807, 2.05) is 55.5 Å². The highest BCUT2D eigenvalue weighted by molar-refractivity contribution is 7.51. The SMILES string of the molecule is Cc1c(C(=O)OCc2cncc(F)c2)c2cc(CNCCCP(=O)(O)O)ccc2n1Cc1ccccc1. The van der Waals surface area contributed by atoms with E-state index >= 15 is 0 Å². The number of pyridine rings is 1. The number of nitrogens with one attached hydrogen (secondary N) is 1. The van der Waals surface area contributed by atoms with Crippen LogP contribution in [0.1, 0.15) is 39.2 Å². The molecular weight excluding hydrogens is 496 g/mol. The number of hydrogen-bond acceptors (Lipinski definition) is 5. The van der Waals surface area contributed by atoms with Gasteiger partial charge in [0.05, 0.1) is 17.9 Å². The minimum absolute atomic E-state index is 0.102. The molecule has 0 aliphatic carbocycles. The molecule has 0 saturated carbocycles. The highest BCUT2D eigenvalue weighted by atomic mass is 31.2. The second-order valence-electron chi connectivity index (χ2n) is 8.89. The number of nitrogens with zero attached hydrogens (tertiary/aromatic N) is 2. The van der Waals surface area contributed by atoms with Crippen LogP contribution in [0.4, 0.5) is 4.39 Å². The third-order valence-electron chi connectivity index (χ3n) is 6.04. The number of ether oxygens (including phenoxy) is 1. The van der Waals surface area contributed by atoms with E-state index < -0.39 is 19.4 Å². The molecule has 2 aromatic heterocycles. The molecule has 0 aliphatic rings. The van der Waals surface area contributed by atoms with Crippen LogP contribution in [-0.2, 0) is 29.0 Å². The van der Waals surface area contributed by atoms with E-state index in [0.717, 1.165) is 33.9 Å². The average molecular weight is 526 g/mol. The van der Waals surface area contributed by atoms with Gasteiger partial charge in [-0.3, -0.25) is 9.55 Å². The van der Waals surface area contributed by atoms with Crippen LogP contribution in [0.3, 0.4) is 0 Å². The second-order valence-corrected chi connectivity index (χ2v) is 10.7. The highest BCUT2D eigenvalue weighted by Crippen LogP contribution is 2.34. The minimum atomic E-state index is -4.01. The fraction of sp³-hybridized carbons (Fsp3) is 0.259. The molecule has 0 radical (unpaired) electrons. The normalized spacial score (nSPS) is 11.7. The van der Waals surface area contributed by atoms with E-state index in [9.17, 15) is 13.8 Å². The van der Waals surface area contributed by atoms with Crippen molar-refractivity contribution in [3.63, 3.8) is 0 Å². The van der Waals surface area contributed by atoms with Crippen LogP contribution < -0.4 is 5.32 Å². The summed E-state index contributed by atoms with van der Waals surface area (Å²) in [4.78, 5) is 35.1. The molecule has 0 unspecified atom stereocenters. The molecule has 0 aliphatic heterocycles. The van der Waals surface area contributed by atoms with Crippen LogP contribution in [0.5, 0.6) is 0 Å². The van der Waals surface area contributed by atoms with Crippen molar-refractivity contribution in [2.45, 2.75) is 33.0 Å². The summed E-state index contributed by atoms with van der Waals surface area (Å²) in [6, 6.07) is 17.1. The van der Waals surface area contributed by atoms with E-state index in [0.29, 0.717) is 37.2 Å². The zero-order chi connectivity index (χ0) is 26.4. The van der Waals surface area contributed by atoms with E-state index in [2.05, 4.69) is 14.9 Å². The minimum Gasteiger partial charge on any atom is -0.457 e. The number of hydrogen-bond donors (Lipinski definition) is 3. The van der Waals surface area contributed by atoms with Gasteiger partial charge in [-0.25, -0.2) is 9.18 Å². The third-order valence-corrected chi connectivity index (χ3v) is 6.94. The molecule has 3 N–H and O–H groups in total. The Morgan fingerprint density at radius 2 is 1.86 bits per heavy atom. The largest absolute Gasteiger partial charge is 0.457 e. The van der Waals surface area contributed by atoms with Gasteiger partial charge < -0.3 is 24.4 Å². The summed E-state index contributed by atoms with van der Waals surface area (Å²) in [6.45, 7) is 3.28. The van der Waals surface area contributed by atoms with Crippen LogP contribution in [0.15, 0.2) is 67.0 Å². The lowest BCUT2D eigenvalue weighted by Crippen LogP contribution is -2.15. The summed E-state index contributed by atoms with van der Waals surface area (Å²) in [6.07, 6.45) is 2.73. The van der Waals surface area contributed by atoms with E-state index in [1.165, 1.54) is 12.3 Å². The van der Waals surface area contributed by atoms with Crippen molar-refractivity contribution < 1.29 is 28.3 Å². The maximum Gasteiger partial charge on any atom is 0.340 e. The van der Waals surface area contributed by atoms with Gasteiger partial charge in [-0.05, 0) is 49.2 Å². The van der Waals surface area contributed by atoms with E-state index in [4.69, 9.17) is 14.5 Å². The van der Waals surface area contributed by atoms with Crippen molar-refractivity contribution in [3.8, 4) is 0 Å². The molecule has 0 bridgehead atoms. The van der Waals surface area contributed by atoms with Crippen molar-refractivity contribution in [2.24, 2.45) is 0 Å². The van der Waals surface area contributed by atoms with E-state index in [-0.39, 0.29) is 12.8 Å². The molecule has 0 spiro atoms. The number of carbonyl (C=O) groups is 1. The van der Waals surface area contributed by atoms with Gasteiger partial charge in [0.15, 0.2) is 0 Å². The lowest BCUT2D eigenvalue weighted by Gasteiger charge is -2.10. The second kappa shape index (κ2) is 11.8. The molecule has 0 amide bonds. The van der Waals surface area contributed by atoms with Gasteiger partial charge in [-0.2, -0.15) is 0 Å². The number of fused-ring (bicyclic) bond motifs is 1. The Hall–Kier alpha value is -3.36. The molecule has 2 aromatic carbocycles. The molecule has 0 atom stereocenters. The fourth-order valence-electron chi connectivity index (χ4n) is 4.27. The fourth-order valence-corrected chi connectivity index (χ4v) is 4.84. The summed E-state index contributed by atoms with van der Waals surface area (Å²) in [5, 5.41) is 3.93. The van der Waals surface area contributed by atoms with Gasteiger partial charge in [-0.15, -0.1) is 0 Å². The number of carbonyl (C=O) groups excluding carboxylic acids is 1. The summed E-state index contributed by atoms with van der Waals surface area (Å²) >= 11 is 0. The zero-order valence-electron chi connectivity index (χ0n) is 20.4. The summed E-state index contributed by atoms with van der Waals surface area (Å²) in [5.41, 5.74) is 4.55. The molecule has 4 aromatic rings. The van der Waals surface area contributed by atoms with Crippen LogP contribution in [-0.4, -0.2) is 38.0 Å². The topological polar surface area (TPSA) is 114 Å². The molecule has 37 heavy (non-hydrogen) atoms. The van der Waals surface area contributed by atoms with Crippen LogP contribution in [0.25, 0.3) is 10.9 Å². The number of benzene rings is 2. The quantitative estimate of drug-likeness (QED) is 0.150. The van der Waals surface area contributed by atoms with E-state index in [1.54, 1.807) is 0 Å². The van der Waals surface area contributed by atoms with Crippen molar-refractivity contribution in [3.05, 3.63) is 101 Å². The predicted octanol–water partition coefficient (Wildman–Crippen LogP) is 4.55. The zero-order valence-corrected chi connectivity index (χ0v) is 21.3. The molecule has 0 fully saturated rings. The first-order valence-electron chi connectivity index (χ1n) is 11.9. The number of halogens is 1. The van der Waals surface area contributed by atoms with Crippen molar-refractivity contribution in [1.29, 1.82) is 0 Å². The number of aromatic nitrogens is 2. The Morgan fingerprint density at radius 3 is 2.59 bits per heavy atom. The van der Waals surface area contributed by atoms with Crippen molar-refractivity contribution in [1.82, 2.24) is 14.9 Å². The summed E-state index contributed by atoms with van der Waals surface area (Å²) in [7, 11) is -4.01. The lowest BCUT2D eigenvalue weighted by molar-refractivity contribution is 0.0473. The monoisotopic (exact) mass is 525 g/mol. The highest BCUT2D eigenvalue weighted by Gasteiger charge is 2.22. The van der Waals surface area contributed by atoms with Gasteiger partial charge >= 0.3 is 13.6 Å². The molecule has 2 heterocycles. The van der Waals surface area contributed by atoms with Gasteiger partial charge in [0, 0.05) is 41.4 Å². The standard InChI is InChI=1S/C27H29FN3O5P/c1-19-26(27(32)36-18-22-12-23(28)16-30-15-22)24-13-21(14-29-10-5-11-37(33,34)35)8-9-25(24)31(19)17-20-6-3-2-4-7-20/h2-4,6-9,12-13,15-16,29H,5,10-11,14,17-18H2,1H3,(H2,33,34,35). The van der Waals surface area contributed by atoms with Crippen molar-refractivity contribution >= 4 is 24.5 Å². The molecule has 0 saturated heterocycles. The number of rotatable bonds is 11. The predicted molar refractivity (Wildman–Crippen MR) is 139 cm³/mol. The summed E-state index contributed by atoms with van der Waals surface area (Å²) < 4.78 is 32.2. The first-order chi connectivity index (χ1) is 17.7. The van der Waals surface area contributed by atoms with Crippen LogP contribution in [0.2, 0.25) is 0 Å². The smallest absolute Gasteiger partial charge is 0.340 e. The average Bonchev–Trinajstić information content (AvgIpc) is 3.13. The van der Waals surface area contributed by atoms with Crippen LogP contribution >= 0.6 is 7.60 Å². The first kappa shape index (κ1) is 26.7. The molecule has 8 nitrogen and oxygen atoms in total. The molecule has 10 heteroatoms. The van der Waals surface area contributed by atoms with Crippen molar-refractivity contribution in [2.75, 3.05) is 12.7 Å². The molecule has 4 rings (SSSR count). The van der Waals surface area contributed by atoms with Gasteiger partial charge in [0.1, 0.15) is 12.4 Å². The first-order valence-corrected chi connectivity index (χ1v) is 13.7. The Kier molecular flexibility index (Phi) is 8.51. The Morgan fingerprint density at radius 1 is 1.08 bits per heavy atom. The third kappa shape index (κ3) is 7.11. The number of esters is 1. The van der Waals surface area contributed by atoms with Gasteiger partial charge in [-0.1, -0.05) is 36.4 Å². The maximum absolute atomic E-state index is 13.5. The van der Waals surface area contributed by atoms with Crippen LogP contribution in [0, 0.1) is 12.7 Å². The Bertz CT molecular complexity index is 1440. The summed E-state index contributed by atoms with van der Waals surface area (Å²) in [5.74, 6) is -1.01. The molecule has 194 valence electrons. The Labute approximate surface area is 214 Å². The van der Waals surface area contributed by atoms with Gasteiger partial charge in [0.25, 0.3) is 0 Å². The molecular formula is C27H29FN3O5P. The van der Waals surface area contributed by atoms with Gasteiger partial charge in [0.2, 0.25) is 0 Å². The Balaban J connectivity index is 1.60.